The van der Waals surface area contributed by atoms with E-state index in [1.54, 1.807) is 30.9 Å². The van der Waals surface area contributed by atoms with Crippen molar-refractivity contribution in [1.82, 2.24) is 29.3 Å². The topological polar surface area (TPSA) is 81.7 Å². The number of aliphatic hydroxyl groups excluding tert-OH is 1. The Morgan fingerprint density at radius 3 is 2.73 bits per heavy atom. The fourth-order valence-corrected chi connectivity index (χ4v) is 5.04. The Labute approximate surface area is 154 Å². The first-order chi connectivity index (χ1) is 12.7. The van der Waals surface area contributed by atoms with E-state index in [4.69, 9.17) is 4.98 Å². The minimum absolute atomic E-state index is 0.331. The lowest BCUT2D eigenvalue weighted by molar-refractivity contribution is 0.174. The second-order valence-corrected chi connectivity index (χ2v) is 7.90. The lowest BCUT2D eigenvalue weighted by Crippen LogP contribution is -2.22. The predicted molar refractivity (Wildman–Crippen MR) is 100 cm³/mol. The van der Waals surface area contributed by atoms with Gasteiger partial charge in [-0.1, -0.05) is 0 Å². The molecule has 1 saturated carbocycles. The van der Waals surface area contributed by atoms with Gasteiger partial charge in [0.05, 0.1) is 28.0 Å². The maximum absolute atomic E-state index is 10.3. The van der Waals surface area contributed by atoms with E-state index in [2.05, 4.69) is 25.0 Å². The van der Waals surface area contributed by atoms with Crippen molar-refractivity contribution in [3.05, 3.63) is 36.1 Å². The van der Waals surface area contributed by atoms with Crippen LogP contribution in [0.1, 0.15) is 56.6 Å². The number of hydrogen-bond acceptors (Lipinski definition) is 6. The first kappa shape index (κ1) is 15.9. The summed E-state index contributed by atoms with van der Waals surface area (Å²) in [4.78, 5) is 13.3. The van der Waals surface area contributed by atoms with Crippen LogP contribution in [0.5, 0.6) is 0 Å². The molecule has 0 spiro atoms. The highest BCUT2D eigenvalue weighted by atomic mass is 32.1. The number of nitrogens with zero attached hydrogens (tertiary/aromatic N) is 6. The molecule has 8 heteroatoms. The van der Waals surface area contributed by atoms with Crippen molar-refractivity contribution in [3.63, 3.8) is 0 Å². The summed E-state index contributed by atoms with van der Waals surface area (Å²) in [5, 5.41) is 16.7. The molecule has 134 valence electrons. The monoisotopic (exact) mass is 368 g/mol. The van der Waals surface area contributed by atoms with E-state index in [0.717, 1.165) is 52.8 Å². The lowest BCUT2D eigenvalue weighted by Gasteiger charge is -2.31. The van der Waals surface area contributed by atoms with Gasteiger partial charge in [-0.25, -0.2) is 14.6 Å². The summed E-state index contributed by atoms with van der Waals surface area (Å²) in [5.41, 5.74) is 2.98. The maximum atomic E-state index is 10.3. The average molecular weight is 368 g/mol. The molecule has 1 aliphatic rings. The first-order valence-electron chi connectivity index (χ1n) is 8.98. The molecular formula is C18H20N6OS. The van der Waals surface area contributed by atoms with Crippen LogP contribution in [0.25, 0.3) is 21.3 Å². The third kappa shape index (κ3) is 2.44. The average Bonchev–Trinajstić information content (AvgIpc) is 3.39. The van der Waals surface area contributed by atoms with E-state index in [9.17, 15) is 5.11 Å². The SMILES string of the molecule is CC(O)c1nc2cnc3ccsc3c2n1C1CCC(n2cncn2)CC1. The summed E-state index contributed by atoms with van der Waals surface area (Å²) in [5.74, 6) is 0.743. The molecule has 4 aromatic rings. The zero-order valence-corrected chi connectivity index (χ0v) is 15.3. The summed E-state index contributed by atoms with van der Waals surface area (Å²) in [6.07, 6.45) is 8.78. The Bertz CT molecular complexity index is 1040. The molecule has 26 heavy (non-hydrogen) atoms. The Hall–Kier alpha value is -2.32. The van der Waals surface area contributed by atoms with Gasteiger partial charge in [-0.2, -0.15) is 5.10 Å². The van der Waals surface area contributed by atoms with Crippen LogP contribution in [0.2, 0.25) is 0 Å². The minimum atomic E-state index is -0.606. The van der Waals surface area contributed by atoms with Crippen molar-refractivity contribution in [1.29, 1.82) is 0 Å². The summed E-state index contributed by atoms with van der Waals surface area (Å²) < 4.78 is 5.40. The molecule has 0 bridgehead atoms. The fraction of sp³-hybridized carbons (Fsp3) is 0.444. The van der Waals surface area contributed by atoms with Crippen LogP contribution in [0.15, 0.2) is 30.3 Å². The number of aromatic nitrogens is 6. The summed E-state index contributed by atoms with van der Waals surface area (Å²) >= 11 is 1.69. The fourth-order valence-electron chi connectivity index (χ4n) is 4.15. The van der Waals surface area contributed by atoms with Gasteiger partial charge < -0.3 is 9.67 Å². The molecule has 0 amide bonds. The molecule has 0 radical (unpaired) electrons. The smallest absolute Gasteiger partial charge is 0.138 e. The Kier molecular flexibility index (Phi) is 3.75. The van der Waals surface area contributed by atoms with Crippen LogP contribution in [-0.4, -0.2) is 34.4 Å². The van der Waals surface area contributed by atoms with Gasteiger partial charge in [0.15, 0.2) is 0 Å². The molecule has 0 saturated heterocycles. The van der Waals surface area contributed by atoms with E-state index >= 15 is 0 Å². The molecule has 0 aromatic carbocycles. The zero-order valence-electron chi connectivity index (χ0n) is 14.5. The third-order valence-electron chi connectivity index (χ3n) is 5.37. The third-order valence-corrected chi connectivity index (χ3v) is 6.28. The van der Waals surface area contributed by atoms with E-state index < -0.39 is 6.10 Å². The van der Waals surface area contributed by atoms with Gasteiger partial charge in [0, 0.05) is 6.04 Å². The zero-order chi connectivity index (χ0) is 17.7. The molecule has 1 aliphatic carbocycles. The van der Waals surface area contributed by atoms with Gasteiger partial charge in [0.1, 0.15) is 30.1 Å². The van der Waals surface area contributed by atoms with Gasteiger partial charge in [-0.3, -0.25) is 4.98 Å². The summed E-state index contributed by atoms with van der Waals surface area (Å²) in [6, 6.07) is 2.78. The Balaban J connectivity index is 1.57. The molecule has 1 fully saturated rings. The highest BCUT2D eigenvalue weighted by Crippen LogP contribution is 2.40. The summed E-state index contributed by atoms with van der Waals surface area (Å²) in [6.45, 7) is 1.79. The van der Waals surface area contributed by atoms with E-state index in [1.165, 1.54) is 0 Å². The van der Waals surface area contributed by atoms with Crippen molar-refractivity contribution in [3.8, 4) is 0 Å². The minimum Gasteiger partial charge on any atom is -0.385 e. The quantitative estimate of drug-likeness (QED) is 0.597. The van der Waals surface area contributed by atoms with Gasteiger partial charge in [0.2, 0.25) is 0 Å². The largest absolute Gasteiger partial charge is 0.385 e. The molecule has 1 N–H and O–H groups in total. The highest BCUT2D eigenvalue weighted by molar-refractivity contribution is 7.18. The maximum Gasteiger partial charge on any atom is 0.138 e. The van der Waals surface area contributed by atoms with Crippen LogP contribution < -0.4 is 0 Å². The van der Waals surface area contributed by atoms with Gasteiger partial charge in [-0.05, 0) is 44.1 Å². The summed E-state index contributed by atoms with van der Waals surface area (Å²) in [7, 11) is 0. The van der Waals surface area contributed by atoms with Crippen LogP contribution in [0, 0.1) is 0 Å². The van der Waals surface area contributed by atoms with Crippen molar-refractivity contribution >= 4 is 32.6 Å². The molecular weight excluding hydrogens is 348 g/mol. The molecule has 4 aromatic heterocycles. The second kappa shape index (κ2) is 6.14. The number of fused-ring (bicyclic) bond motifs is 3. The highest BCUT2D eigenvalue weighted by Gasteiger charge is 2.29. The number of pyridine rings is 1. The van der Waals surface area contributed by atoms with E-state index in [0.29, 0.717) is 12.1 Å². The van der Waals surface area contributed by atoms with Crippen molar-refractivity contribution in [2.45, 2.75) is 50.8 Å². The predicted octanol–water partition coefficient (Wildman–Crippen LogP) is 3.65. The van der Waals surface area contributed by atoms with Crippen molar-refractivity contribution in [2.75, 3.05) is 0 Å². The van der Waals surface area contributed by atoms with Gasteiger partial charge >= 0.3 is 0 Å². The molecule has 1 atom stereocenters. The van der Waals surface area contributed by atoms with Crippen LogP contribution in [0.3, 0.4) is 0 Å². The molecule has 5 rings (SSSR count). The lowest BCUT2D eigenvalue weighted by atomic mass is 9.91. The van der Waals surface area contributed by atoms with Gasteiger partial charge in [-0.15, -0.1) is 11.3 Å². The van der Waals surface area contributed by atoms with Gasteiger partial charge in [0.25, 0.3) is 0 Å². The molecule has 0 aliphatic heterocycles. The van der Waals surface area contributed by atoms with Crippen molar-refractivity contribution in [2.24, 2.45) is 0 Å². The van der Waals surface area contributed by atoms with Crippen LogP contribution in [0.4, 0.5) is 0 Å². The number of rotatable bonds is 3. The Morgan fingerprint density at radius 1 is 1.19 bits per heavy atom. The standard InChI is InChI=1S/C18H20N6OS/c1-11(25)18-22-15-8-20-14-6-7-26-17(14)16(15)24(18)13-4-2-12(3-5-13)23-10-19-9-21-23/h6-13,25H,2-5H2,1H3. The molecule has 4 heterocycles. The normalized spacial score (nSPS) is 22.2. The Morgan fingerprint density at radius 2 is 2.00 bits per heavy atom. The van der Waals surface area contributed by atoms with E-state index in [-0.39, 0.29) is 0 Å². The first-order valence-corrected chi connectivity index (χ1v) is 9.86. The molecule has 7 nitrogen and oxygen atoms in total. The van der Waals surface area contributed by atoms with Crippen LogP contribution in [-0.2, 0) is 0 Å². The van der Waals surface area contributed by atoms with Crippen LogP contribution >= 0.6 is 11.3 Å². The second-order valence-electron chi connectivity index (χ2n) is 6.98. The molecule has 1 unspecified atom stereocenters. The number of thiophene rings is 1. The van der Waals surface area contributed by atoms with E-state index in [1.807, 2.05) is 16.9 Å². The van der Waals surface area contributed by atoms with Crippen molar-refractivity contribution < 1.29 is 5.11 Å². The number of hydrogen-bond donors (Lipinski definition) is 1. The number of aliphatic hydroxyl groups is 1. The number of imidazole rings is 1.